The molecule has 206 valence electrons. The van der Waals surface area contributed by atoms with Crippen LogP contribution in [0.5, 0.6) is 11.5 Å². The predicted molar refractivity (Wildman–Crippen MR) is 161 cm³/mol. The second-order valence-corrected chi connectivity index (χ2v) is 10.7. The van der Waals surface area contributed by atoms with Crippen LogP contribution in [0.15, 0.2) is 71.6 Å². The molecule has 1 N–H and O–H groups in total. The summed E-state index contributed by atoms with van der Waals surface area (Å²) in [7, 11) is 0. The molecule has 1 saturated heterocycles. The fourth-order valence-corrected chi connectivity index (χ4v) is 5.33. The van der Waals surface area contributed by atoms with Crippen LogP contribution >= 0.6 is 24.0 Å². The molecular weight excluding hydrogens is 550 g/mol. The van der Waals surface area contributed by atoms with Crippen LogP contribution in [0.4, 0.5) is 17.1 Å². The molecule has 1 aliphatic heterocycles. The summed E-state index contributed by atoms with van der Waals surface area (Å²) in [6, 6.07) is 18.5. The van der Waals surface area contributed by atoms with Crippen molar-refractivity contribution in [3.63, 3.8) is 0 Å². The van der Waals surface area contributed by atoms with Crippen LogP contribution in [0.25, 0.3) is 6.08 Å². The highest BCUT2D eigenvalue weighted by atomic mass is 32.2. The number of nitrogens with zero attached hydrogens (tertiary/aromatic N) is 2. The molecule has 11 heteroatoms. The standard InChI is InChI=1S/C29H27N3O6S2/c1-4-37-25-14-19(12-13-24(25)38-17-27(33)30-23-11-6-5-10-22(23)18(2)3)15-26-28(34)31(29(39)40-26)20-8-7-9-21(16-20)32(35)36/h5-16,18H,4,17H2,1-3H3,(H,30,33)/b26-15-. The Morgan fingerprint density at radius 3 is 2.60 bits per heavy atom. The summed E-state index contributed by atoms with van der Waals surface area (Å²) in [5, 5.41) is 14.1. The highest BCUT2D eigenvalue weighted by Crippen LogP contribution is 2.38. The zero-order valence-electron chi connectivity index (χ0n) is 22.1. The van der Waals surface area contributed by atoms with Crippen molar-refractivity contribution < 1.29 is 24.0 Å². The molecule has 4 rings (SSSR count). The van der Waals surface area contributed by atoms with E-state index in [1.54, 1.807) is 30.3 Å². The number of thiocarbonyl (C=S) groups is 1. The van der Waals surface area contributed by atoms with E-state index in [9.17, 15) is 19.7 Å². The first-order valence-electron chi connectivity index (χ1n) is 12.5. The third-order valence-electron chi connectivity index (χ3n) is 5.87. The molecule has 0 bridgehead atoms. The van der Waals surface area contributed by atoms with E-state index >= 15 is 0 Å². The van der Waals surface area contributed by atoms with Gasteiger partial charge < -0.3 is 14.8 Å². The largest absolute Gasteiger partial charge is 0.490 e. The number of para-hydroxylation sites is 1. The van der Waals surface area contributed by atoms with Crippen molar-refractivity contribution in [2.45, 2.75) is 26.7 Å². The third kappa shape index (κ3) is 6.67. The molecule has 0 radical (unpaired) electrons. The topological polar surface area (TPSA) is 111 Å². The maximum atomic E-state index is 13.2. The number of hydrogen-bond donors (Lipinski definition) is 1. The summed E-state index contributed by atoms with van der Waals surface area (Å²) in [5.41, 5.74) is 2.63. The number of anilines is 2. The van der Waals surface area contributed by atoms with E-state index in [0.717, 1.165) is 23.0 Å². The smallest absolute Gasteiger partial charge is 0.271 e. The first kappa shape index (κ1) is 28.8. The van der Waals surface area contributed by atoms with Gasteiger partial charge in [0.05, 0.1) is 22.1 Å². The highest BCUT2D eigenvalue weighted by molar-refractivity contribution is 8.27. The van der Waals surface area contributed by atoms with Crippen molar-refractivity contribution in [2.75, 3.05) is 23.4 Å². The van der Waals surface area contributed by atoms with E-state index in [-0.39, 0.29) is 34.3 Å². The van der Waals surface area contributed by atoms with Gasteiger partial charge in [-0.3, -0.25) is 24.6 Å². The molecule has 3 aromatic rings. The van der Waals surface area contributed by atoms with Gasteiger partial charge in [-0.15, -0.1) is 0 Å². The van der Waals surface area contributed by atoms with Crippen molar-refractivity contribution >= 4 is 63.3 Å². The Balaban J connectivity index is 1.49. The lowest BCUT2D eigenvalue weighted by Crippen LogP contribution is -2.27. The number of nitrogens with one attached hydrogen (secondary N) is 1. The number of carbonyl (C=O) groups is 2. The summed E-state index contributed by atoms with van der Waals surface area (Å²) in [5.74, 6) is 0.369. The molecule has 0 aromatic heterocycles. The maximum absolute atomic E-state index is 13.2. The van der Waals surface area contributed by atoms with Gasteiger partial charge >= 0.3 is 0 Å². The molecule has 1 fully saturated rings. The summed E-state index contributed by atoms with van der Waals surface area (Å²) >= 11 is 6.49. The van der Waals surface area contributed by atoms with Gasteiger partial charge in [-0.25, -0.2) is 0 Å². The number of nitro groups is 1. The van der Waals surface area contributed by atoms with Gasteiger partial charge in [-0.1, -0.05) is 68.2 Å². The summed E-state index contributed by atoms with van der Waals surface area (Å²) < 4.78 is 11.8. The van der Waals surface area contributed by atoms with E-state index in [1.807, 2.05) is 31.2 Å². The fourth-order valence-electron chi connectivity index (χ4n) is 4.03. The normalized spacial score (nSPS) is 14.1. The average Bonchev–Trinajstić information content (AvgIpc) is 3.20. The van der Waals surface area contributed by atoms with E-state index in [2.05, 4.69) is 19.2 Å². The molecule has 0 saturated carbocycles. The van der Waals surface area contributed by atoms with Crippen LogP contribution in [-0.2, 0) is 9.59 Å². The monoisotopic (exact) mass is 577 g/mol. The van der Waals surface area contributed by atoms with Crippen LogP contribution in [0, 0.1) is 10.1 Å². The van der Waals surface area contributed by atoms with Crippen molar-refractivity contribution in [3.05, 3.63) is 92.9 Å². The van der Waals surface area contributed by atoms with Gasteiger partial charge in [0.15, 0.2) is 22.4 Å². The zero-order chi connectivity index (χ0) is 28.8. The molecule has 1 heterocycles. The molecule has 1 aliphatic rings. The van der Waals surface area contributed by atoms with Crippen molar-refractivity contribution in [3.8, 4) is 11.5 Å². The Kier molecular flexibility index (Phi) is 9.18. The van der Waals surface area contributed by atoms with Crippen LogP contribution in [0.1, 0.15) is 37.8 Å². The van der Waals surface area contributed by atoms with Gasteiger partial charge in [-0.05, 0) is 54.3 Å². The lowest BCUT2D eigenvalue weighted by atomic mass is 10.0. The predicted octanol–water partition coefficient (Wildman–Crippen LogP) is 6.54. The Morgan fingerprint density at radius 1 is 1.10 bits per heavy atom. The Morgan fingerprint density at radius 2 is 1.88 bits per heavy atom. The fraction of sp³-hybridized carbons (Fsp3) is 0.207. The second-order valence-electron chi connectivity index (χ2n) is 9.01. The number of nitro benzene ring substituents is 1. The van der Waals surface area contributed by atoms with Crippen molar-refractivity contribution in [1.82, 2.24) is 0 Å². The number of hydrogen-bond acceptors (Lipinski definition) is 8. The molecule has 0 atom stereocenters. The van der Waals surface area contributed by atoms with Crippen molar-refractivity contribution in [2.24, 2.45) is 0 Å². The molecule has 0 unspecified atom stereocenters. The van der Waals surface area contributed by atoms with E-state index in [4.69, 9.17) is 21.7 Å². The molecule has 3 aromatic carbocycles. The van der Waals surface area contributed by atoms with Gasteiger partial charge in [0, 0.05) is 17.8 Å². The first-order valence-corrected chi connectivity index (χ1v) is 13.7. The summed E-state index contributed by atoms with van der Waals surface area (Å²) in [6.07, 6.45) is 1.67. The second kappa shape index (κ2) is 12.8. The maximum Gasteiger partial charge on any atom is 0.271 e. The quantitative estimate of drug-likeness (QED) is 0.125. The Bertz CT molecular complexity index is 1500. The third-order valence-corrected chi connectivity index (χ3v) is 7.18. The number of ether oxygens (including phenoxy) is 2. The van der Waals surface area contributed by atoms with E-state index in [1.165, 1.54) is 23.1 Å². The van der Waals surface area contributed by atoms with E-state index in [0.29, 0.717) is 34.3 Å². The van der Waals surface area contributed by atoms with Crippen LogP contribution in [0.2, 0.25) is 0 Å². The zero-order valence-corrected chi connectivity index (χ0v) is 23.7. The molecule has 9 nitrogen and oxygen atoms in total. The summed E-state index contributed by atoms with van der Waals surface area (Å²) in [6.45, 7) is 6.10. The Hall–Kier alpha value is -4.22. The molecule has 40 heavy (non-hydrogen) atoms. The highest BCUT2D eigenvalue weighted by Gasteiger charge is 2.34. The van der Waals surface area contributed by atoms with Gasteiger partial charge in [-0.2, -0.15) is 0 Å². The van der Waals surface area contributed by atoms with Gasteiger partial charge in [0.1, 0.15) is 0 Å². The lowest BCUT2D eigenvalue weighted by molar-refractivity contribution is -0.384. The van der Waals surface area contributed by atoms with Crippen LogP contribution in [0.3, 0.4) is 0 Å². The summed E-state index contributed by atoms with van der Waals surface area (Å²) in [4.78, 5) is 38.0. The molecule has 0 aliphatic carbocycles. The minimum Gasteiger partial charge on any atom is -0.490 e. The van der Waals surface area contributed by atoms with Crippen LogP contribution in [-0.4, -0.2) is 34.3 Å². The number of thioether (sulfide) groups is 1. The molecule has 2 amide bonds. The number of non-ortho nitro benzene ring substituents is 1. The van der Waals surface area contributed by atoms with E-state index < -0.39 is 4.92 Å². The first-order chi connectivity index (χ1) is 19.2. The molecular formula is C29H27N3O6S2. The molecule has 0 spiro atoms. The number of rotatable bonds is 10. The Labute approximate surface area is 241 Å². The number of amides is 2. The van der Waals surface area contributed by atoms with Crippen molar-refractivity contribution in [1.29, 1.82) is 0 Å². The van der Waals surface area contributed by atoms with Gasteiger partial charge in [0.25, 0.3) is 17.5 Å². The minimum absolute atomic E-state index is 0.134. The number of benzene rings is 3. The van der Waals surface area contributed by atoms with Gasteiger partial charge in [0.2, 0.25) is 0 Å². The SMILES string of the molecule is CCOc1cc(/C=C2\SC(=S)N(c3cccc([N+](=O)[O-])c3)C2=O)ccc1OCC(=O)Nc1ccccc1C(C)C. The minimum atomic E-state index is -0.524. The average molecular weight is 578 g/mol. The lowest BCUT2D eigenvalue weighted by Gasteiger charge is -2.15. The number of carbonyl (C=O) groups excluding carboxylic acids is 2. The van der Waals surface area contributed by atoms with Crippen LogP contribution < -0.4 is 19.7 Å².